The molecular formula is C21H22N2O4S. The lowest BCUT2D eigenvalue weighted by molar-refractivity contribution is -0.122. The Balaban J connectivity index is 1.72. The fourth-order valence-corrected chi connectivity index (χ4v) is 5.51. The topological polar surface area (TPSA) is 74.8 Å². The maximum atomic E-state index is 13.1. The third-order valence-electron chi connectivity index (χ3n) is 5.53. The minimum Gasteiger partial charge on any atom is -0.310 e. The number of carbonyl (C=O) groups excluding carboxylic acids is 2. The number of carbonyl (C=O) groups is 2. The SMILES string of the molecule is CC1(C)CC(=O)N(CC(=O)N2CCc3ccccc32)c2ccccc2S1(=O)=O. The van der Waals surface area contributed by atoms with Gasteiger partial charge in [-0.2, -0.15) is 0 Å². The highest BCUT2D eigenvalue weighted by molar-refractivity contribution is 7.93. The van der Waals surface area contributed by atoms with Gasteiger partial charge in [-0.3, -0.25) is 9.59 Å². The molecule has 2 aliphatic rings. The average molecular weight is 398 g/mol. The van der Waals surface area contributed by atoms with E-state index in [4.69, 9.17) is 0 Å². The Morgan fingerprint density at radius 3 is 2.43 bits per heavy atom. The van der Waals surface area contributed by atoms with E-state index in [1.54, 1.807) is 36.9 Å². The molecule has 4 rings (SSSR count). The van der Waals surface area contributed by atoms with Crippen molar-refractivity contribution in [3.8, 4) is 0 Å². The van der Waals surface area contributed by atoms with E-state index < -0.39 is 14.6 Å². The van der Waals surface area contributed by atoms with Gasteiger partial charge in [0.05, 0.1) is 15.3 Å². The number of sulfone groups is 1. The highest BCUT2D eigenvalue weighted by Crippen LogP contribution is 2.39. The maximum Gasteiger partial charge on any atom is 0.247 e. The molecule has 2 aromatic rings. The number of hydrogen-bond donors (Lipinski definition) is 0. The van der Waals surface area contributed by atoms with Gasteiger partial charge in [0.15, 0.2) is 9.84 Å². The summed E-state index contributed by atoms with van der Waals surface area (Å²) in [6.07, 6.45) is 0.599. The van der Waals surface area contributed by atoms with Crippen LogP contribution in [0.25, 0.3) is 0 Å². The molecule has 0 aromatic heterocycles. The zero-order valence-electron chi connectivity index (χ0n) is 15.9. The largest absolute Gasteiger partial charge is 0.310 e. The van der Waals surface area contributed by atoms with Crippen molar-refractivity contribution in [1.82, 2.24) is 0 Å². The third kappa shape index (κ3) is 2.81. The first-order valence-corrected chi connectivity index (χ1v) is 10.7. The first-order valence-electron chi connectivity index (χ1n) is 9.25. The molecule has 0 atom stereocenters. The first kappa shape index (κ1) is 18.7. The Hall–Kier alpha value is -2.67. The van der Waals surface area contributed by atoms with Gasteiger partial charge in [0.25, 0.3) is 0 Å². The zero-order chi connectivity index (χ0) is 20.1. The van der Waals surface area contributed by atoms with Crippen LogP contribution in [0.4, 0.5) is 11.4 Å². The number of rotatable bonds is 2. The Morgan fingerprint density at radius 2 is 1.68 bits per heavy atom. The van der Waals surface area contributed by atoms with Crippen LogP contribution in [0.1, 0.15) is 25.8 Å². The summed E-state index contributed by atoms with van der Waals surface area (Å²) in [4.78, 5) is 29.1. The van der Waals surface area contributed by atoms with E-state index in [0.29, 0.717) is 6.54 Å². The van der Waals surface area contributed by atoms with Crippen LogP contribution >= 0.6 is 0 Å². The van der Waals surface area contributed by atoms with E-state index in [2.05, 4.69) is 0 Å². The number of benzene rings is 2. The van der Waals surface area contributed by atoms with Gasteiger partial charge in [-0.1, -0.05) is 30.3 Å². The van der Waals surface area contributed by atoms with Crippen LogP contribution in [-0.2, 0) is 25.8 Å². The molecule has 0 fully saturated rings. The van der Waals surface area contributed by atoms with Gasteiger partial charge in [0, 0.05) is 18.7 Å². The highest BCUT2D eigenvalue weighted by atomic mass is 32.2. The lowest BCUT2D eigenvalue weighted by Crippen LogP contribution is -2.43. The Morgan fingerprint density at radius 1 is 1.04 bits per heavy atom. The Kier molecular flexibility index (Phi) is 4.30. The Labute approximate surface area is 164 Å². The summed E-state index contributed by atoms with van der Waals surface area (Å²) in [5.41, 5.74) is 2.23. The second-order valence-electron chi connectivity index (χ2n) is 7.81. The quantitative estimate of drug-likeness (QED) is 0.779. The van der Waals surface area contributed by atoms with E-state index in [9.17, 15) is 18.0 Å². The molecule has 2 amide bonds. The molecule has 0 saturated carbocycles. The second-order valence-corrected chi connectivity index (χ2v) is 10.4. The van der Waals surface area contributed by atoms with E-state index in [1.807, 2.05) is 24.3 Å². The van der Waals surface area contributed by atoms with Gasteiger partial charge < -0.3 is 9.80 Å². The second kappa shape index (κ2) is 6.44. The van der Waals surface area contributed by atoms with Crippen LogP contribution in [0.15, 0.2) is 53.4 Å². The normalized spacial score (nSPS) is 19.7. The summed E-state index contributed by atoms with van der Waals surface area (Å²) in [5, 5.41) is 0. The lowest BCUT2D eigenvalue weighted by Gasteiger charge is -2.25. The lowest BCUT2D eigenvalue weighted by atomic mass is 10.1. The molecule has 6 nitrogen and oxygen atoms in total. The maximum absolute atomic E-state index is 13.1. The van der Waals surface area contributed by atoms with Crippen molar-refractivity contribution in [2.75, 3.05) is 22.9 Å². The van der Waals surface area contributed by atoms with Crippen LogP contribution < -0.4 is 9.80 Å². The molecule has 2 aliphatic heterocycles. The number of amides is 2. The van der Waals surface area contributed by atoms with E-state index in [-0.39, 0.29) is 35.4 Å². The van der Waals surface area contributed by atoms with Crippen LogP contribution in [0, 0.1) is 0 Å². The van der Waals surface area contributed by atoms with Crippen molar-refractivity contribution in [3.63, 3.8) is 0 Å². The molecule has 2 heterocycles. The van der Waals surface area contributed by atoms with Crippen molar-refractivity contribution in [3.05, 3.63) is 54.1 Å². The minimum atomic E-state index is -3.71. The van der Waals surface area contributed by atoms with Gasteiger partial charge in [0.2, 0.25) is 11.8 Å². The fourth-order valence-electron chi connectivity index (χ4n) is 3.89. The summed E-state index contributed by atoms with van der Waals surface area (Å²) >= 11 is 0. The molecule has 0 bridgehead atoms. The van der Waals surface area contributed by atoms with Gasteiger partial charge in [0.1, 0.15) is 6.54 Å². The molecule has 0 spiro atoms. The third-order valence-corrected chi connectivity index (χ3v) is 8.06. The standard InChI is InChI=1S/C21H22N2O4S/c1-21(2)13-19(24)23(17-9-5-6-10-18(17)28(21,26)27)14-20(25)22-12-11-15-7-3-4-8-16(15)22/h3-10H,11-14H2,1-2H3. The van der Waals surface area contributed by atoms with E-state index in [0.717, 1.165) is 17.7 Å². The predicted octanol–water partition coefficient (Wildman–Crippen LogP) is 2.56. The van der Waals surface area contributed by atoms with Gasteiger partial charge in [-0.05, 0) is 44.0 Å². The van der Waals surface area contributed by atoms with E-state index in [1.165, 1.54) is 11.0 Å². The Bertz CT molecular complexity index is 1080. The van der Waals surface area contributed by atoms with Crippen LogP contribution in [0.2, 0.25) is 0 Å². The van der Waals surface area contributed by atoms with Crippen molar-refractivity contribution in [2.24, 2.45) is 0 Å². The number of para-hydroxylation sites is 2. The summed E-state index contributed by atoms with van der Waals surface area (Å²) in [7, 11) is -3.71. The summed E-state index contributed by atoms with van der Waals surface area (Å²) in [5.74, 6) is -0.579. The summed E-state index contributed by atoms with van der Waals surface area (Å²) in [6.45, 7) is 3.49. The van der Waals surface area contributed by atoms with Gasteiger partial charge in [-0.25, -0.2) is 8.42 Å². The van der Waals surface area contributed by atoms with Crippen LogP contribution in [-0.4, -0.2) is 38.1 Å². The summed E-state index contributed by atoms with van der Waals surface area (Å²) < 4.78 is 24.9. The first-order chi connectivity index (χ1) is 13.2. The van der Waals surface area contributed by atoms with Gasteiger partial charge >= 0.3 is 0 Å². The molecule has 0 unspecified atom stereocenters. The van der Waals surface area contributed by atoms with E-state index >= 15 is 0 Å². The summed E-state index contributed by atoms with van der Waals surface area (Å²) in [6, 6.07) is 14.1. The predicted molar refractivity (Wildman–Crippen MR) is 107 cm³/mol. The fraction of sp³-hybridized carbons (Fsp3) is 0.333. The van der Waals surface area contributed by atoms with Crippen molar-refractivity contribution >= 4 is 33.0 Å². The smallest absolute Gasteiger partial charge is 0.247 e. The molecule has 0 aliphatic carbocycles. The molecule has 2 aromatic carbocycles. The molecule has 7 heteroatoms. The van der Waals surface area contributed by atoms with Crippen LogP contribution in [0.5, 0.6) is 0 Å². The number of fused-ring (bicyclic) bond motifs is 2. The molecule has 28 heavy (non-hydrogen) atoms. The van der Waals surface area contributed by atoms with Crippen LogP contribution in [0.3, 0.4) is 0 Å². The van der Waals surface area contributed by atoms with Crippen molar-refractivity contribution in [1.29, 1.82) is 0 Å². The molecule has 0 N–H and O–H groups in total. The molecular weight excluding hydrogens is 376 g/mol. The number of nitrogens with zero attached hydrogens (tertiary/aromatic N) is 2. The zero-order valence-corrected chi connectivity index (χ0v) is 16.7. The molecule has 0 radical (unpaired) electrons. The highest BCUT2D eigenvalue weighted by Gasteiger charge is 2.44. The average Bonchev–Trinajstić information content (AvgIpc) is 3.07. The molecule has 0 saturated heterocycles. The number of anilines is 2. The van der Waals surface area contributed by atoms with Crippen molar-refractivity contribution < 1.29 is 18.0 Å². The van der Waals surface area contributed by atoms with Gasteiger partial charge in [-0.15, -0.1) is 0 Å². The molecule has 146 valence electrons. The van der Waals surface area contributed by atoms with Crippen molar-refractivity contribution in [2.45, 2.75) is 36.3 Å². The minimum absolute atomic E-state index is 0.0977. The monoisotopic (exact) mass is 398 g/mol. The number of hydrogen-bond acceptors (Lipinski definition) is 4.